The van der Waals surface area contributed by atoms with Gasteiger partial charge in [-0.3, -0.25) is 4.79 Å². The Hall–Kier alpha value is -3.60. The molecular weight excluding hydrogens is 380 g/mol. The van der Waals surface area contributed by atoms with Gasteiger partial charge in [0.15, 0.2) is 5.78 Å². The van der Waals surface area contributed by atoms with Crippen LogP contribution in [0.25, 0.3) is 17.2 Å². The molecule has 0 bridgehead atoms. The van der Waals surface area contributed by atoms with Gasteiger partial charge in [0.2, 0.25) is 0 Å². The molecule has 1 aliphatic rings. The van der Waals surface area contributed by atoms with E-state index in [1.165, 1.54) is 19.3 Å². The second kappa shape index (κ2) is 7.67. The molecule has 0 amide bonds. The molecule has 0 heterocycles. The summed E-state index contributed by atoms with van der Waals surface area (Å²) in [5.74, 6) is -1.11. The normalized spacial score (nSPS) is 14.3. The minimum Gasteiger partial charge on any atom is -0.507 e. The van der Waals surface area contributed by atoms with Gasteiger partial charge >= 0.3 is 5.97 Å². The van der Waals surface area contributed by atoms with Crippen LogP contribution in [0.1, 0.15) is 53.4 Å². The van der Waals surface area contributed by atoms with Crippen LogP contribution in [-0.2, 0) is 14.9 Å². The first kappa shape index (κ1) is 21.1. The van der Waals surface area contributed by atoms with Crippen molar-refractivity contribution < 1.29 is 24.5 Å². The number of Topliss-reactive ketones (excluding diaryl/α,β-unsaturated/α-hetero) is 1. The van der Waals surface area contributed by atoms with E-state index in [0.717, 1.165) is 0 Å². The lowest BCUT2D eigenvalue weighted by Gasteiger charge is -2.25. The molecule has 5 nitrogen and oxygen atoms in total. The van der Waals surface area contributed by atoms with E-state index in [-0.39, 0.29) is 22.9 Å². The molecular formula is C25H24O5. The number of hydrogen-bond acceptors (Lipinski definition) is 5. The third kappa shape index (κ3) is 3.66. The highest BCUT2D eigenvalue weighted by atomic mass is 16.5. The number of carbonyl (C=O) groups is 2. The lowest BCUT2D eigenvalue weighted by molar-refractivity contribution is -0.134. The number of esters is 1. The predicted molar refractivity (Wildman–Crippen MR) is 117 cm³/mol. The number of aliphatic hydroxyl groups is 1. The molecule has 0 aliphatic heterocycles. The zero-order valence-corrected chi connectivity index (χ0v) is 17.4. The Bertz CT molecular complexity index is 1130. The van der Waals surface area contributed by atoms with Crippen LogP contribution in [0.3, 0.4) is 0 Å². The predicted octanol–water partition coefficient (Wildman–Crippen LogP) is 5.05. The van der Waals surface area contributed by atoms with Gasteiger partial charge in [0.1, 0.15) is 11.5 Å². The van der Waals surface area contributed by atoms with Crippen LogP contribution in [0.15, 0.2) is 54.8 Å². The Morgan fingerprint density at radius 2 is 1.73 bits per heavy atom. The zero-order chi connectivity index (χ0) is 22.2. The number of phenolic OH excluding ortho intramolecular Hbond substituents is 1. The highest BCUT2D eigenvalue weighted by Crippen LogP contribution is 2.41. The average molecular weight is 404 g/mol. The molecule has 0 saturated heterocycles. The van der Waals surface area contributed by atoms with Crippen molar-refractivity contribution in [2.45, 2.75) is 26.2 Å². The van der Waals surface area contributed by atoms with Gasteiger partial charge in [0.05, 0.1) is 12.7 Å². The van der Waals surface area contributed by atoms with Crippen LogP contribution in [0.5, 0.6) is 5.75 Å². The molecule has 2 aromatic carbocycles. The Morgan fingerprint density at radius 3 is 2.33 bits per heavy atom. The summed E-state index contributed by atoms with van der Waals surface area (Å²) < 4.78 is 4.62. The van der Waals surface area contributed by atoms with Gasteiger partial charge in [-0.2, -0.15) is 0 Å². The fourth-order valence-electron chi connectivity index (χ4n) is 3.46. The van der Waals surface area contributed by atoms with Crippen LogP contribution in [0.2, 0.25) is 0 Å². The first-order valence-electron chi connectivity index (χ1n) is 9.46. The topological polar surface area (TPSA) is 83.8 Å². The summed E-state index contributed by atoms with van der Waals surface area (Å²) in [6, 6.07) is 10.2. The highest BCUT2D eigenvalue weighted by Gasteiger charge is 2.31. The van der Waals surface area contributed by atoms with Crippen molar-refractivity contribution in [3.63, 3.8) is 0 Å². The van der Waals surface area contributed by atoms with Gasteiger partial charge < -0.3 is 14.9 Å². The largest absolute Gasteiger partial charge is 0.507 e. The SMILES string of the molecule is C=C1C(O)=C(c2cc(/C=C/C(=O)OC)c(O)c(C(C)(C)C)c2)C(=O)c2ccccc21. The molecule has 0 atom stereocenters. The number of allylic oxidation sites excluding steroid dienone is 2. The van der Waals surface area contributed by atoms with Gasteiger partial charge in [-0.25, -0.2) is 4.79 Å². The smallest absolute Gasteiger partial charge is 0.330 e. The number of aliphatic hydroxyl groups excluding tert-OH is 1. The van der Waals surface area contributed by atoms with Crippen LogP contribution < -0.4 is 0 Å². The summed E-state index contributed by atoms with van der Waals surface area (Å²) in [6.45, 7) is 9.71. The standard InChI is InChI=1S/C25H24O5/c1-14-17-8-6-7-9-18(17)24(29)21(22(14)27)16-12-15(10-11-20(26)30-5)23(28)19(13-16)25(2,3)4/h6-13,27-28H,1H2,2-5H3/b11-10+. The molecule has 2 aromatic rings. The number of carbonyl (C=O) groups excluding carboxylic acids is 2. The summed E-state index contributed by atoms with van der Waals surface area (Å²) in [4.78, 5) is 24.8. The molecule has 30 heavy (non-hydrogen) atoms. The van der Waals surface area contributed by atoms with E-state index < -0.39 is 11.4 Å². The number of fused-ring (bicyclic) bond motifs is 1. The summed E-state index contributed by atoms with van der Waals surface area (Å²) in [5, 5.41) is 21.6. The highest BCUT2D eigenvalue weighted by molar-refractivity contribution is 6.34. The quantitative estimate of drug-likeness (QED) is 0.552. The van der Waals surface area contributed by atoms with Crippen molar-refractivity contribution in [1.82, 2.24) is 0 Å². The van der Waals surface area contributed by atoms with Crippen molar-refractivity contribution in [2.75, 3.05) is 7.11 Å². The molecule has 0 saturated carbocycles. The van der Waals surface area contributed by atoms with Crippen LogP contribution in [-0.4, -0.2) is 29.1 Å². The van der Waals surface area contributed by atoms with E-state index in [2.05, 4.69) is 11.3 Å². The van der Waals surface area contributed by atoms with Crippen LogP contribution in [0, 0.1) is 0 Å². The number of rotatable bonds is 3. The number of hydrogen-bond donors (Lipinski definition) is 2. The van der Waals surface area contributed by atoms with Crippen molar-refractivity contribution in [1.29, 1.82) is 0 Å². The zero-order valence-electron chi connectivity index (χ0n) is 17.4. The van der Waals surface area contributed by atoms with Gasteiger partial charge in [-0.05, 0) is 34.8 Å². The summed E-state index contributed by atoms with van der Waals surface area (Å²) >= 11 is 0. The lowest BCUT2D eigenvalue weighted by atomic mass is 9.79. The maximum absolute atomic E-state index is 13.2. The average Bonchev–Trinajstić information content (AvgIpc) is 2.71. The molecule has 0 spiro atoms. The number of methoxy groups -OCH3 is 1. The number of aromatic hydroxyl groups is 1. The van der Waals surface area contributed by atoms with Gasteiger partial charge in [-0.15, -0.1) is 0 Å². The van der Waals surface area contributed by atoms with E-state index in [9.17, 15) is 19.8 Å². The molecule has 0 radical (unpaired) electrons. The number of benzene rings is 2. The van der Waals surface area contributed by atoms with Gasteiger partial charge in [0, 0.05) is 28.3 Å². The fourth-order valence-corrected chi connectivity index (χ4v) is 3.46. The maximum Gasteiger partial charge on any atom is 0.330 e. The Kier molecular flexibility index (Phi) is 5.40. The molecule has 1 aliphatic carbocycles. The van der Waals surface area contributed by atoms with E-state index in [4.69, 9.17) is 0 Å². The molecule has 0 unspecified atom stereocenters. The van der Waals surface area contributed by atoms with Crippen LogP contribution in [0.4, 0.5) is 0 Å². The number of ketones is 1. The summed E-state index contributed by atoms with van der Waals surface area (Å²) in [6.07, 6.45) is 2.62. The third-order valence-corrected chi connectivity index (χ3v) is 5.08. The summed E-state index contributed by atoms with van der Waals surface area (Å²) in [5.41, 5.74) is 2.38. The van der Waals surface area contributed by atoms with E-state index in [1.807, 2.05) is 20.8 Å². The van der Waals surface area contributed by atoms with E-state index in [0.29, 0.717) is 33.4 Å². The first-order valence-corrected chi connectivity index (χ1v) is 9.46. The second-order valence-electron chi connectivity index (χ2n) is 8.15. The Balaban J connectivity index is 2.27. The second-order valence-corrected chi connectivity index (χ2v) is 8.15. The molecule has 2 N–H and O–H groups in total. The van der Waals surface area contributed by atoms with Gasteiger partial charge in [0.25, 0.3) is 0 Å². The Morgan fingerprint density at radius 1 is 1.10 bits per heavy atom. The molecule has 3 rings (SSSR count). The number of ether oxygens (including phenoxy) is 1. The van der Waals surface area contributed by atoms with Crippen molar-refractivity contribution in [3.8, 4) is 5.75 Å². The number of phenols is 1. The van der Waals surface area contributed by atoms with Crippen LogP contribution >= 0.6 is 0 Å². The summed E-state index contributed by atoms with van der Waals surface area (Å²) in [7, 11) is 1.26. The first-order chi connectivity index (χ1) is 14.1. The van der Waals surface area contributed by atoms with E-state index in [1.54, 1.807) is 36.4 Å². The van der Waals surface area contributed by atoms with Gasteiger partial charge in [-0.1, -0.05) is 51.6 Å². The minimum atomic E-state index is -0.574. The molecule has 5 heteroatoms. The monoisotopic (exact) mass is 404 g/mol. The van der Waals surface area contributed by atoms with Crippen molar-refractivity contribution in [3.05, 3.63) is 82.6 Å². The maximum atomic E-state index is 13.2. The van der Waals surface area contributed by atoms with Crippen molar-refractivity contribution >= 4 is 29.0 Å². The Labute approximate surface area is 175 Å². The molecule has 0 aromatic heterocycles. The molecule has 154 valence electrons. The fraction of sp³-hybridized carbons (Fsp3) is 0.200. The lowest BCUT2D eigenvalue weighted by Crippen LogP contribution is -2.17. The third-order valence-electron chi connectivity index (χ3n) is 5.08. The van der Waals surface area contributed by atoms with Crippen molar-refractivity contribution in [2.24, 2.45) is 0 Å². The molecule has 0 fully saturated rings. The van der Waals surface area contributed by atoms with E-state index >= 15 is 0 Å². The minimum absolute atomic E-state index is 0.00558.